The standard InChI is InChI=1S/C19H24N6O2/c1-13-11-24(16-3-2-15(8-20)25-17(16)5-7-23-25)12-18(27-13)19(26)22-10-14-4-6-21-9-14/h2-3,5,7,13-14,18,21H,4,6,9-12H2,1H3,(H,22,26)/t13-,14?,18-/m1/s1. The zero-order valence-electron chi connectivity index (χ0n) is 15.4. The molecule has 2 aromatic rings. The molecule has 8 heteroatoms. The fourth-order valence-electron chi connectivity index (χ4n) is 3.90. The quantitative estimate of drug-likeness (QED) is 0.817. The summed E-state index contributed by atoms with van der Waals surface area (Å²) in [5.74, 6) is 0.438. The summed E-state index contributed by atoms with van der Waals surface area (Å²) in [7, 11) is 0. The van der Waals surface area contributed by atoms with Gasteiger partial charge in [0.25, 0.3) is 5.91 Å². The van der Waals surface area contributed by atoms with E-state index in [0.717, 1.165) is 30.7 Å². The summed E-state index contributed by atoms with van der Waals surface area (Å²) in [5, 5.41) is 19.9. The molecule has 8 nitrogen and oxygen atoms in total. The van der Waals surface area contributed by atoms with Crippen molar-refractivity contribution in [3.8, 4) is 6.07 Å². The zero-order valence-corrected chi connectivity index (χ0v) is 15.4. The van der Waals surface area contributed by atoms with Crippen molar-refractivity contribution < 1.29 is 9.53 Å². The molecule has 0 aromatic carbocycles. The molecule has 27 heavy (non-hydrogen) atoms. The number of nitrogens with one attached hydrogen (secondary N) is 2. The summed E-state index contributed by atoms with van der Waals surface area (Å²) >= 11 is 0. The highest BCUT2D eigenvalue weighted by atomic mass is 16.5. The summed E-state index contributed by atoms with van der Waals surface area (Å²) in [5.41, 5.74) is 2.30. The third kappa shape index (κ3) is 3.61. The molecule has 2 saturated heterocycles. The molecular formula is C19H24N6O2. The minimum Gasteiger partial charge on any atom is -0.364 e. The summed E-state index contributed by atoms with van der Waals surface area (Å²) in [4.78, 5) is 14.8. The zero-order chi connectivity index (χ0) is 18.8. The predicted octanol–water partition coefficient (Wildman–Crippen LogP) is 0.525. The van der Waals surface area contributed by atoms with Crippen molar-refractivity contribution in [2.75, 3.05) is 37.6 Å². The van der Waals surface area contributed by atoms with Crippen molar-refractivity contribution >= 4 is 17.1 Å². The summed E-state index contributed by atoms with van der Waals surface area (Å²) in [6.45, 7) is 5.80. The lowest BCUT2D eigenvalue weighted by atomic mass is 10.1. The number of hydrogen-bond acceptors (Lipinski definition) is 6. The molecule has 0 radical (unpaired) electrons. The lowest BCUT2D eigenvalue weighted by Crippen LogP contribution is -2.53. The molecule has 4 rings (SSSR count). The molecule has 2 fully saturated rings. The number of nitrogens with zero attached hydrogens (tertiary/aromatic N) is 4. The van der Waals surface area contributed by atoms with E-state index in [1.54, 1.807) is 16.8 Å². The van der Waals surface area contributed by atoms with Crippen LogP contribution < -0.4 is 15.5 Å². The van der Waals surface area contributed by atoms with Crippen LogP contribution in [0.5, 0.6) is 0 Å². The van der Waals surface area contributed by atoms with Crippen LogP contribution >= 0.6 is 0 Å². The van der Waals surface area contributed by atoms with Crippen molar-refractivity contribution in [1.82, 2.24) is 20.2 Å². The molecule has 2 aliphatic heterocycles. The Bertz CT molecular complexity index is 867. The number of rotatable bonds is 4. The van der Waals surface area contributed by atoms with E-state index in [4.69, 9.17) is 4.74 Å². The van der Waals surface area contributed by atoms with Crippen LogP contribution in [0.4, 0.5) is 5.69 Å². The number of amides is 1. The molecule has 4 heterocycles. The van der Waals surface area contributed by atoms with Crippen LogP contribution in [0.3, 0.4) is 0 Å². The summed E-state index contributed by atoms with van der Waals surface area (Å²) in [6, 6.07) is 7.73. The van der Waals surface area contributed by atoms with Gasteiger partial charge in [0.15, 0.2) is 6.10 Å². The number of aromatic nitrogens is 2. The Morgan fingerprint density at radius 3 is 3.11 bits per heavy atom. The molecule has 1 amide bonds. The monoisotopic (exact) mass is 368 g/mol. The Morgan fingerprint density at radius 1 is 1.44 bits per heavy atom. The van der Waals surface area contributed by atoms with Gasteiger partial charge in [0.1, 0.15) is 11.8 Å². The first-order valence-corrected chi connectivity index (χ1v) is 9.41. The molecule has 0 spiro atoms. The number of anilines is 1. The average molecular weight is 368 g/mol. The van der Waals surface area contributed by atoms with Crippen LogP contribution in [-0.2, 0) is 9.53 Å². The van der Waals surface area contributed by atoms with E-state index >= 15 is 0 Å². The topological polar surface area (TPSA) is 94.7 Å². The highest BCUT2D eigenvalue weighted by molar-refractivity contribution is 5.82. The first kappa shape index (κ1) is 17.8. The van der Waals surface area contributed by atoms with E-state index < -0.39 is 6.10 Å². The molecule has 0 bridgehead atoms. The van der Waals surface area contributed by atoms with Gasteiger partial charge in [0.2, 0.25) is 0 Å². The Morgan fingerprint density at radius 2 is 2.33 bits per heavy atom. The van der Waals surface area contributed by atoms with E-state index in [1.807, 2.05) is 19.1 Å². The minimum atomic E-state index is -0.512. The minimum absolute atomic E-state index is 0.0587. The fraction of sp³-hybridized carbons (Fsp3) is 0.526. The highest BCUT2D eigenvalue weighted by Crippen LogP contribution is 2.26. The van der Waals surface area contributed by atoms with Crippen LogP contribution in [0, 0.1) is 17.2 Å². The Kier molecular flexibility index (Phi) is 4.97. The molecule has 2 aromatic heterocycles. The number of ether oxygens (including phenoxy) is 1. The van der Waals surface area contributed by atoms with Crippen LogP contribution in [0.2, 0.25) is 0 Å². The number of carbonyl (C=O) groups is 1. The number of morpholine rings is 1. The first-order valence-electron chi connectivity index (χ1n) is 9.41. The van der Waals surface area contributed by atoms with Crippen molar-refractivity contribution in [3.05, 3.63) is 30.1 Å². The first-order chi connectivity index (χ1) is 13.2. The number of fused-ring (bicyclic) bond motifs is 1. The number of carbonyl (C=O) groups excluding carboxylic acids is 1. The van der Waals surface area contributed by atoms with Crippen LogP contribution in [0.15, 0.2) is 24.4 Å². The fourth-order valence-corrected chi connectivity index (χ4v) is 3.90. The Labute approximate surface area is 158 Å². The predicted molar refractivity (Wildman–Crippen MR) is 100 cm³/mol. The summed E-state index contributed by atoms with van der Waals surface area (Å²) < 4.78 is 7.55. The second kappa shape index (κ2) is 7.55. The van der Waals surface area contributed by atoms with Gasteiger partial charge in [-0.2, -0.15) is 10.4 Å². The van der Waals surface area contributed by atoms with Gasteiger partial charge < -0.3 is 20.3 Å². The number of nitriles is 1. The molecule has 2 N–H and O–H groups in total. The largest absolute Gasteiger partial charge is 0.364 e. The van der Waals surface area contributed by atoms with Gasteiger partial charge in [-0.1, -0.05) is 0 Å². The van der Waals surface area contributed by atoms with Crippen molar-refractivity contribution in [2.24, 2.45) is 5.92 Å². The lowest BCUT2D eigenvalue weighted by Gasteiger charge is -2.37. The van der Waals surface area contributed by atoms with E-state index in [0.29, 0.717) is 31.2 Å². The van der Waals surface area contributed by atoms with Crippen molar-refractivity contribution in [2.45, 2.75) is 25.6 Å². The lowest BCUT2D eigenvalue weighted by molar-refractivity contribution is -0.137. The molecule has 0 aliphatic carbocycles. The molecule has 2 aliphatic rings. The Balaban J connectivity index is 1.50. The van der Waals surface area contributed by atoms with Crippen LogP contribution in [0.25, 0.3) is 5.52 Å². The van der Waals surface area contributed by atoms with Crippen LogP contribution in [-0.4, -0.2) is 60.5 Å². The normalized spacial score (nSPS) is 25.5. The molecule has 3 atom stereocenters. The average Bonchev–Trinajstić information content (AvgIpc) is 3.36. The molecular weight excluding hydrogens is 344 g/mol. The highest BCUT2D eigenvalue weighted by Gasteiger charge is 2.32. The third-order valence-corrected chi connectivity index (χ3v) is 5.27. The molecule has 0 saturated carbocycles. The number of pyridine rings is 1. The maximum Gasteiger partial charge on any atom is 0.251 e. The molecule has 142 valence electrons. The third-order valence-electron chi connectivity index (χ3n) is 5.27. The van der Waals surface area contributed by atoms with Gasteiger partial charge in [0.05, 0.1) is 30.0 Å². The van der Waals surface area contributed by atoms with Crippen LogP contribution in [0.1, 0.15) is 19.0 Å². The van der Waals surface area contributed by atoms with Crippen molar-refractivity contribution in [3.63, 3.8) is 0 Å². The van der Waals surface area contributed by atoms with Gasteiger partial charge in [0, 0.05) is 13.1 Å². The van der Waals surface area contributed by atoms with E-state index in [9.17, 15) is 10.1 Å². The maximum atomic E-state index is 12.6. The second-order valence-electron chi connectivity index (χ2n) is 7.29. The summed E-state index contributed by atoms with van der Waals surface area (Å²) in [6.07, 6.45) is 2.20. The Hall–Kier alpha value is -2.63. The second-order valence-corrected chi connectivity index (χ2v) is 7.29. The maximum absolute atomic E-state index is 12.6. The van der Waals surface area contributed by atoms with Gasteiger partial charge >= 0.3 is 0 Å². The van der Waals surface area contributed by atoms with E-state index in [1.165, 1.54) is 0 Å². The van der Waals surface area contributed by atoms with E-state index in [2.05, 4.69) is 26.7 Å². The van der Waals surface area contributed by atoms with E-state index in [-0.39, 0.29) is 12.0 Å². The smallest absolute Gasteiger partial charge is 0.251 e. The SMILES string of the molecule is C[C@@H]1CN(c2ccc(C#N)n3nccc23)C[C@H](C(=O)NCC2CCNC2)O1. The van der Waals surface area contributed by atoms with Gasteiger partial charge in [-0.15, -0.1) is 0 Å². The van der Waals surface area contributed by atoms with Gasteiger partial charge in [-0.25, -0.2) is 4.52 Å². The van der Waals surface area contributed by atoms with Gasteiger partial charge in [-0.05, 0) is 50.6 Å². The number of hydrogen-bond donors (Lipinski definition) is 2. The van der Waals surface area contributed by atoms with Gasteiger partial charge in [-0.3, -0.25) is 4.79 Å². The molecule has 1 unspecified atom stereocenters. The van der Waals surface area contributed by atoms with Crippen molar-refractivity contribution in [1.29, 1.82) is 5.26 Å².